The lowest BCUT2D eigenvalue weighted by Gasteiger charge is -2.39. The van der Waals surface area contributed by atoms with Crippen molar-refractivity contribution in [3.05, 3.63) is 70.3 Å². The molecule has 0 spiro atoms. The number of piperazine rings is 1. The summed E-state index contributed by atoms with van der Waals surface area (Å²) in [6, 6.07) is 10.2. The first-order valence-corrected chi connectivity index (χ1v) is 16.1. The highest BCUT2D eigenvalue weighted by Crippen LogP contribution is 2.28. The average Bonchev–Trinajstić information content (AvgIpc) is 3.25. The Hall–Kier alpha value is -5.01. The van der Waals surface area contributed by atoms with Gasteiger partial charge in [0.05, 0.1) is 17.4 Å². The van der Waals surface area contributed by atoms with Gasteiger partial charge in [0.1, 0.15) is 17.5 Å². The molecule has 4 aromatic rings. The maximum Gasteiger partial charge on any atom is 0.509 e. The van der Waals surface area contributed by atoms with E-state index in [1.165, 1.54) is 10.7 Å². The third-order valence-electron chi connectivity index (χ3n) is 8.32. The molecule has 14 heteroatoms. The molecule has 1 aliphatic heterocycles. The van der Waals surface area contributed by atoms with E-state index in [0.29, 0.717) is 47.6 Å². The maximum absolute atomic E-state index is 13.4. The summed E-state index contributed by atoms with van der Waals surface area (Å²) in [7, 11) is 1.61. The molecule has 0 aliphatic carbocycles. The van der Waals surface area contributed by atoms with Crippen molar-refractivity contribution in [3.63, 3.8) is 0 Å². The van der Waals surface area contributed by atoms with Crippen molar-refractivity contribution in [2.24, 2.45) is 7.05 Å². The predicted octanol–water partition coefficient (Wildman–Crippen LogP) is 5.39. The number of fused-ring (bicyclic) bond motifs is 1. The Kier molecular flexibility index (Phi) is 10.2. The predicted molar refractivity (Wildman–Crippen MR) is 180 cm³/mol. The van der Waals surface area contributed by atoms with E-state index in [9.17, 15) is 23.2 Å². The summed E-state index contributed by atoms with van der Waals surface area (Å²) in [4.78, 5) is 50.4. The van der Waals surface area contributed by atoms with Gasteiger partial charge in [0.2, 0.25) is 11.9 Å². The smallest absolute Gasteiger partial charge is 0.434 e. The summed E-state index contributed by atoms with van der Waals surface area (Å²) in [5, 5.41) is 0.452. The molecule has 262 valence electrons. The van der Waals surface area contributed by atoms with E-state index in [2.05, 4.69) is 9.97 Å². The minimum Gasteiger partial charge on any atom is -0.434 e. The first-order valence-electron chi connectivity index (χ1n) is 16.1. The quantitative estimate of drug-likeness (QED) is 0.215. The van der Waals surface area contributed by atoms with Crippen LogP contribution in [0.15, 0.2) is 53.6 Å². The zero-order valence-electron chi connectivity index (χ0n) is 28.8. The van der Waals surface area contributed by atoms with Crippen LogP contribution in [0.3, 0.4) is 0 Å². The van der Waals surface area contributed by atoms with Gasteiger partial charge in [0, 0.05) is 69.6 Å². The van der Waals surface area contributed by atoms with Crippen LogP contribution in [0.4, 0.5) is 19.5 Å². The van der Waals surface area contributed by atoms with Gasteiger partial charge >= 0.3 is 12.8 Å². The summed E-state index contributed by atoms with van der Waals surface area (Å²) in [6.45, 7) is 9.31. The van der Waals surface area contributed by atoms with Crippen LogP contribution in [0.25, 0.3) is 22.0 Å². The van der Waals surface area contributed by atoms with Crippen molar-refractivity contribution in [1.82, 2.24) is 24.2 Å². The number of benzene rings is 2. The molecule has 3 heterocycles. The fraction of sp³-hybridized carbons (Fsp3) is 0.457. The van der Waals surface area contributed by atoms with Crippen LogP contribution in [-0.2, 0) is 34.3 Å². The van der Waals surface area contributed by atoms with Gasteiger partial charge in [-0.05, 0) is 63.9 Å². The van der Waals surface area contributed by atoms with E-state index in [-0.39, 0.29) is 36.2 Å². The molecule has 2 aromatic heterocycles. The van der Waals surface area contributed by atoms with Crippen molar-refractivity contribution in [3.8, 4) is 16.9 Å². The van der Waals surface area contributed by atoms with Crippen LogP contribution in [-0.4, -0.2) is 80.3 Å². The molecule has 2 aromatic carbocycles. The average molecular weight is 681 g/mol. The Bertz CT molecular complexity index is 1880. The van der Waals surface area contributed by atoms with Crippen LogP contribution < -0.4 is 15.2 Å². The maximum atomic E-state index is 13.4. The lowest BCUT2D eigenvalue weighted by molar-refractivity contribution is -0.131. The number of halogens is 2. The lowest BCUT2D eigenvalue weighted by atomic mass is 10.0. The number of nitrogens with zero attached hydrogens (tertiary/aromatic N) is 6. The zero-order valence-corrected chi connectivity index (χ0v) is 28.8. The standard InChI is InChI=1S/C35H42F2N6O6/c1-21-19-41(12-13-42(21)23(3)44)33-38-17-27(18-39-33)25-9-10-28-29(16-25)43(40(7)31(28)45)20-26-15-24(8-11-30(26)48-32(36)37)14-22(2)47-34(46)49-35(4,5)6/h8-11,15-18,21-22,32H,12-14,19-20H2,1-7H3. The molecular formula is C35H42F2N6O6. The molecule has 2 unspecified atom stereocenters. The molecule has 1 amide bonds. The molecule has 12 nitrogen and oxygen atoms in total. The monoisotopic (exact) mass is 680 g/mol. The summed E-state index contributed by atoms with van der Waals surface area (Å²) >= 11 is 0. The highest BCUT2D eigenvalue weighted by Gasteiger charge is 2.27. The number of alkyl halides is 2. The molecule has 0 saturated carbocycles. The van der Waals surface area contributed by atoms with Crippen LogP contribution >= 0.6 is 0 Å². The van der Waals surface area contributed by atoms with Gasteiger partial charge in [-0.3, -0.25) is 19.0 Å². The molecule has 49 heavy (non-hydrogen) atoms. The van der Waals surface area contributed by atoms with E-state index in [1.807, 2.05) is 28.9 Å². The van der Waals surface area contributed by atoms with E-state index in [0.717, 1.165) is 11.1 Å². The Morgan fingerprint density at radius 3 is 2.39 bits per heavy atom. The fourth-order valence-electron chi connectivity index (χ4n) is 6.05. The van der Waals surface area contributed by atoms with E-state index in [4.69, 9.17) is 14.2 Å². The molecule has 5 rings (SSSR count). The number of anilines is 1. The zero-order chi connectivity index (χ0) is 35.6. The largest absolute Gasteiger partial charge is 0.509 e. The topological polar surface area (TPSA) is 121 Å². The number of amides is 1. The highest BCUT2D eigenvalue weighted by atomic mass is 19.3. The third-order valence-corrected chi connectivity index (χ3v) is 8.32. The van der Waals surface area contributed by atoms with Gasteiger partial charge in [-0.15, -0.1) is 0 Å². The molecule has 2 atom stereocenters. The van der Waals surface area contributed by atoms with Gasteiger partial charge in [-0.25, -0.2) is 14.8 Å². The summed E-state index contributed by atoms with van der Waals surface area (Å²) < 4.78 is 45.5. The Morgan fingerprint density at radius 2 is 1.76 bits per heavy atom. The van der Waals surface area contributed by atoms with Gasteiger partial charge in [0.15, 0.2) is 0 Å². The molecule has 0 N–H and O–H groups in total. The third kappa shape index (κ3) is 8.35. The highest BCUT2D eigenvalue weighted by molar-refractivity contribution is 5.84. The Morgan fingerprint density at radius 1 is 1.04 bits per heavy atom. The molecule has 0 radical (unpaired) electrons. The second kappa shape index (κ2) is 14.2. The first kappa shape index (κ1) is 35.3. The molecule has 1 saturated heterocycles. The van der Waals surface area contributed by atoms with Crippen LogP contribution in [0.1, 0.15) is 52.7 Å². The number of carbonyl (C=O) groups excluding carboxylic acids is 2. The van der Waals surface area contributed by atoms with Crippen LogP contribution in [0, 0.1) is 0 Å². The SMILES string of the molecule is CC(=O)N1CCN(c2ncc(-c3ccc4c(=O)n(C)n(Cc5cc(CC(C)OC(=O)OC(C)(C)C)ccc5OC(F)F)c4c3)cn2)CC1C. The molecule has 0 bridgehead atoms. The van der Waals surface area contributed by atoms with E-state index >= 15 is 0 Å². The normalized spacial score (nSPS) is 15.8. The van der Waals surface area contributed by atoms with Gasteiger partial charge < -0.3 is 24.0 Å². The number of rotatable bonds is 9. The van der Waals surface area contributed by atoms with Gasteiger partial charge in [0.25, 0.3) is 5.56 Å². The number of ether oxygens (including phenoxy) is 3. The molecule has 1 aliphatic rings. The van der Waals surface area contributed by atoms with Crippen molar-refractivity contribution < 1.29 is 32.6 Å². The van der Waals surface area contributed by atoms with Crippen molar-refractivity contribution in [2.75, 3.05) is 24.5 Å². The number of aromatic nitrogens is 4. The van der Waals surface area contributed by atoms with Crippen molar-refractivity contribution in [2.45, 2.75) is 78.9 Å². The summed E-state index contributed by atoms with van der Waals surface area (Å²) in [6.07, 6.45) is 2.36. The minimum absolute atomic E-state index is 0.0349. The number of hydrogen-bond acceptors (Lipinski definition) is 9. The lowest BCUT2D eigenvalue weighted by Crippen LogP contribution is -2.53. The second-order valence-electron chi connectivity index (χ2n) is 13.3. The second-order valence-corrected chi connectivity index (χ2v) is 13.3. The Balaban J connectivity index is 1.41. The van der Waals surface area contributed by atoms with E-state index in [1.54, 1.807) is 76.9 Å². The van der Waals surface area contributed by atoms with Crippen molar-refractivity contribution >= 4 is 28.9 Å². The fourth-order valence-corrected chi connectivity index (χ4v) is 6.05. The number of hydrogen-bond donors (Lipinski definition) is 0. The summed E-state index contributed by atoms with van der Waals surface area (Å²) in [5.74, 6) is 0.573. The minimum atomic E-state index is -3.06. The summed E-state index contributed by atoms with van der Waals surface area (Å²) in [5.41, 5.74) is 2.23. The number of carbonyl (C=O) groups is 2. The van der Waals surface area contributed by atoms with E-state index < -0.39 is 24.5 Å². The van der Waals surface area contributed by atoms with Gasteiger partial charge in [-0.2, -0.15) is 8.78 Å². The van der Waals surface area contributed by atoms with Crippen molar-refractivity contribution in [1.29, 1.82) is 0 Å². The van der Waals surface area contributed by atoms with Gasteiger partial charge in [-0.1, -0.05) is 18.2 Å². The van der Waals surface area contributed by atoms with Crippen LogP contribution in [0.5, 0.6) is 5.75 Å². The Labute approximate surface area is 283 Å². The molecule has 1 fully saturated rings. The van der Waals surface area contributed by atoms with Crippen LogP contribution in [0.2, 0.25) is 0 Å². The molecular weight excluding hydrogens is 638 g/mol. The first-order chi connectivity index (χ1) is 23.1.